The van der Waals surface area contributed by atoms with Crippen molar-refractivity contribution in [3.8, 4) is 5.75 Å². The van der Waals surface area contributed by atoms with Crippen molar-refractivity contribution in [3.63, 3.8) is 0 Å². The minimum Gasteiger partial charge on any atom is -0.462 e. The number of rotatable bonds is 2. The first-order valence-electron chi connectivity index (χ1n) is 17.5. The number of hydrogen-bond acceptors (Lipinski definition) is 3. The first-order chi connectivity index (χ1) is 24.0. The summed E-state index contributed by atoms with van der Waals surface area (Å²) in [5.41, 5.74) is 8.06. The Morgan fingerprint density at radius 3 is 2.30 bits per heavy atom. The molecular weight excluding hydrogens is 613 g/mol. The molecule has 0 fully saturated rings. The second-order valence-electron chi connectivity index (χ2n) is 15.2. The quantitative estimate of drug-likeness (QED) is 0.211. The van der Waals surface area contributed by atoms with Gasteiger partial charge in [-0.05, 0) is 103 Å². The zero-order valence-corrected chi connectivity index (χ0v) is 29.5. The first-order valence-corrected chi connectivity index (χ1v) is 17.5. The lowest BCUT2D eigenvalue weighted by Crippen LogP contribution is -3.01. The van der Waals surface area contributed by atoms with Gasteiger partial charge in [-0.25, -0.2) is 0 Å². The first kappa shape index (κ1) is 30.6. The maximum absolute atomic E-state index is 15.1. The number of hydrogen-bond donors (Lipinski definition) is 1. The van der Waals surface area contributed by atoms with E-state index in [0.717, 1.165) is 43.8 Å². The van der Waals surface area contributed by atoms with Crippen LogP contribution in [0.3, 0.4) is 0 Å². The summed E-state index contributed by atoms with van der Waals surface area (Å²) in [5, 5.41) is 4.02. The van der Waals surface area contributed by atoms with Crippen LogP contribution in [-0.4, -0.2) is 25.6 Å². The highest BCUT2D eigenvalue weighted by Crippen LogP contribution is 2.55. The van der Waals surface area contributed by atoms with E-state index < -0.39 is 5.72 Å². The standard InChI is InChI=1S/C46H40N2O2/c1-44(2)35-19-11-13-21-37(35)47(5)39(44)24-23-31-27-29-15-7-9-17-33(29)40(42(31)49)41-34-18-10-8-16-30(34)28-32-25-26-46(50-43(32)41)45(3,4)36-20-12-14-22-38(36)48(46)6/h7-28H,1-6H3/p+1/t46-/m0/s1. The van der Waals surface area contributed by atoms with Gasteiger partial charge in [0.1, 0.15) is 17.1 Å². The summed E-state index contributed by atoms with van der Waals surface area (Å²) < 4.78 is 7.42. The van der Waals surface area contributed by atoms with Crippen LogP contribution < -0.4 is 25.0 Å². The molecule has 50 heavy (non-hydrogen) atoms. The zero-order chi connectivity index (χ0) is 34.6. The third kappa shape index (κ3) is 4.00. The van der Waals surface area contributed by atoms with Gasteiger partial charge in [-0.1, -0.05) is 84.9 Å². The van der Waals surface area contributed by atoms with Crippen LogP contribution >= 0.6 is 0 Å². The molecule has 5 aromatic carbocycles. The normalized spacial score (nSPS) is 23.9. The summed E-state index contributed by atoms with van der Waals surface area (Å²) in [7, 11) is 4.31. The average Bonchev–Trinajstić information content (AvgIpc) is 3.42. The van der Waals surface area contributed by atoms with Crippen molar-refractivity contribution >= 4 is 45.7 Å². The van der Waals surface area contributed by atoms with E-state index in [2.05, 4.69) is 156 Å². The Labute approximate surface area is 293 Å². The van der Waals surface area contributed by atoms with Gasteiger partial charge in [0, 0.05) is 40.6 Å². The van der Waals surface area contributed by atoms with Crippen LogP contribution in [0, 0.1) is 0 Å². The molecule has 0 saturated heterocycles. The highest BCUT2D eigenvalue weighted by Gasteiger charge is 2.58. The minimum absolute atomic E-state index is 0.000371. The number of carbonyl (C=O) groups is 1. The maximum Gasteiger partial charge on any atom is 0.211 e. The van der Waals surface area contributed by atoms with Crippen LogP contribution in [0.25, 0.3) is 28.5 Å². The Balaban J connectivity index is 1.26. The van der Waals surface area contributed by atoms with Crippen LogP contribution in [-0.2, 0) is 15.6 Å². The topological polar surface area (TPSA) is 34.0 Å². The van der Waals surface area contributed by atoms with Crippen molar-refractivity contribution in [1.29, 1.82) is 0 Å². The van der Waals surface area contributed by atoms with E-state index in [1.165, 1.54) is 27.4 Å². The van der Waals surface area contributed by atoms with Gasteiger partial charge in [-0.2, -0.15) is 0 Å². The molecule has 0 bridgehead atoms. The van der Waals surface area contributed by atoms with Crippen molar-refractivity contribution in [2.75, 3.05) is 19.0 Å². The molecule has 1 spiro atoms. The second-order valence-corrected chi connectivity index (χ2v) is 15.2. The van der Waals surface area contributed by atoms with E-state index in [-0.39, 0.29) is 16.6 Å². The highest BCUT2D eigenvalue weighted by atomic mass is 16.5. The van der Waals surface area contributed by atoms with E-state index in [0.29, 0.717) is 11.1 Å². The number of fused-ring (bicyclic) bond motifs is 5. The van der Waals surface area contributed by atoms with Gasteiger partial charge in [0.05, 0.1) is 17.9 Å². The summed E-state index contributed by atoms with van der Waals surface area (Å²) in [6.45, 7) is 9.05. The SMILES string of the molecule is CN1c2ccccc2C(C)(C)[C@@]12C=Cc1cc3ccccc3c(C3=c4ccccc4=CC(=CC=C4[NH+](C)c5ccccc5C4(C)C)C3=O)c1O2. The molecule has 4 aliphatic rings. The summed E-state index contributed by atoms with van der Waals surface area (Å²) in [4.78, 5) is 18.6. The van der Waals surface area contributed by atoms with Crippen molar-refractivity contribution in [2.24, 2.45) is 0 Å². The molecule has 5 aromatic rings. The van der Waals surface area contributed by atoms with Gasteiger partial charge in [-0.3, -0.25) is 9.69 Å². The number of allylic oxidation sites excluding steroid dienone is 4. The number of carbonyl (C=O) groups excluding carboxylic acids is 1. The Morgan fingerprint density at radius 2 is 1.50 bits per heavy atom. The Morgan fingerprint density at radius 1 is 0.800 bits per heavy atom. The number of para-hydroxylation sites is 2. The fourth-order valence-electron chi connectivity index (χ4n) is 9.17. The van der Waals surface area contributed by atoms with Crippen molar-refractivity contribution < 1.29 is 14.4 Å². The smallest absolute Gasteiger partial charge is 0.211 e. The molecule has 3 heterocycles. The minimum atomic E-state index is -0.787. The van der Waals surface area contributed by atoms with Crippen molar-refractivity contribution in [3.05, 3.63) is 165 Å². The predicted molar refractivity (Wildman–Crippen MR) is 204 cm³/mol. The molecular formula is C46H41N2O2+. The molecule has 1 N–H and O–H groups in total. The largest absolute Gasteiger partial charge is 0.462 e. The molecule has 0 radical (unpaired) electrons. The summed E-state index contributed by atoms with van der Waals surface area (Å²) in [5.74, 6) is 0.743. The van der Waals surface area contributed by atoms with Crippen molar-refractivity contribution in [1.82, 2.24) is 0 Å². The number of ether oxygens (including phenoxy) is 1. The second kappa shape index (κ2) is 10.5. The fraction of sp³-hybridized carbons (Fsp3) is 0.196. The Hall–Kier alpha value is -5.45. The number of ketones is 1. The number of likely N-dealkylation sites (N-methyl/N-ethyl adjacent to an activating group) is 2. The van der Waals surface area contributed by atoms with Crippen LogP contribution in [0.2, 0.25) is 0 Å². The predicted octanol–water partition coefficient (Wildman–Crippen LogP) is 6.88. The van der Waals surface area contributed by atoms with Gasteiger partial charge < -0.3 is 9.64 Å². The van der Waals surface area contributed by atoms with Crippen LogP contribution in [0.1, 0.15) is 49.9 Å². The number of Topliss-reactive ketones (excluding diaryl/α,β-unsaturated/α-hetero) is 1. The average molecular weight is 654 g/mol. The number of benzene rings is 5. The molecule has 9 rings (SSSR count). The summed E-state index contributed by atoms with van der Waals surface area (Å²) in [6, 6.07) is 36.0. The molecule has 4 nitrogen and oxygen atoms in total. The molecule has 0 saturated carbocycles. The lowest BCUT2D eigenvalue weighted by molar-refractivity contribution is -0.764. The van der Waals surface area contributed by atoms with Crippen LogP contribution in [0.15, 0.2) is 133 Å². The molecule has 1 unspecified atom stereocenters. The Bertz CT molecular complexity index is 2530. The van der Waals surface area contributed by atoms with Gasteiger partial charge in [0.2, 0.25) is 5.72 Å². The van der Waals surface area contributed by atoms with Crippen LogP contribution in [0.5, 0.6) is 5.75 Å². The third-order valence-electron chi connectivity index (χ3n) is 11.9. The van der Waals surface area contributed by atoms with Gasteiger partial charge >= 0.3 is 0 Å². The maximum atomic E-state index is 15.1. The molecule has 4 heteroatoms. The van der Waals surface area contributed by atoms with E-state index in [9.17, 15) is 0 Å². The summed E-state index contributed by atoms with van der Waals surface area (Å²) >= 11 is 0. The fourth-order valence-corrected chi connectivity index (χ4v) is 9.17. The molecule has 0 amide bonds. The summed E-state index contributed by atoms with van der Waals surface area (Å²) in [6.07, 6.45) is 10.7. The molecule has 246 valence electrons. The highest BCUT2D eigenvalue weighted by molar-refractivity contribution is 6.34. The third-order valence-corrected chi connectivity index (χ3v) is 11.9. The number of nitrogens with zero attached hydrogens (tertiary/aromatic N) is 1. The Kier molecular flexibility index (Phi) is 6.44. The number of nitrogens with one attached hydrogen (secondary N) is 1. The van der Waals surface area contributed by atoms with Crippen molar-refractivity contribution in [2.45, 2.75) is 44.2 Å². The van der Waals surface area contributed by atoms with E-state index in [4.69, 9.17) is 4.74 Å². The molecule has 3 aliphatic heterocycles. The van der Waals surface area contributed by atoms with E-state index >= 15 is 4.79 Å². The van der Waals surface area contributed by atoms with Crippen LogP contribution in [0.4, 0.5) is 11.4 Å². The van der Waals surface area contributed by atoms with Gasteiger partial charge in [-0.15, -0.1) is 0 Å². The van der Waals surface area contributed by atoms with Gasteiger partial charge in [0.25, 0.3) is 0 Å². The van der Waals surface area contributed by atoms with E-state index in [1.807, 2.05) is 24.3 Å². The number of anilines is 1. The molecule has 2 atom stereocenters. The monoisotopic (exact) mass is 653 g/mol. The molecule has 1 aliphatic carbocycles. The lowest BCUT2D eigenvalue weighted by atomic mass is 9.76. The molecule has 0 aromatic heterocycles. The van der Waals surface area contributed by atoms with E-state index in [1.54, 1.807) is 0 Å². The number of quaternary nitrogens is 1. The lowest BCUT2D eigenvalue weighted by Gasteiger charge is -2.46. The zero-order valence-electron chi connectivity index (χ0n) is 29.5. The van der Waals surface area contributed by atoms with Gasteiger partial charge in [0.15, 0.2) is 5.78 Å².